The summed E-state index contributed by atoms with van der Waals surface area (Å²) >= 11 is 0. The summed E-state index contributed by atoms with van der Waals surface area (Å²) in [6.07, 6.45) is -3.76. The minimum Gasteiger partial charge on any atom is -0.314 e. The van der Waals surface area contributed by atoms with Crippen molar-refractivity contribution in [2.75, 3.05) is 26.2 Å². The fraction of sp³-hybridized carbons (Fsp3) is 0.308. The zero-order valence-electron chi connectivity index (χ0n) is 19.2. The van der Waals surface area contributed by atoms with E-state index in [1.54, 1.807) is 23.1 Å². The quantitative estimate of drug-likeness (QED) is 0.600. The molecule has 0 saturated carbocycles. The van der Waals surface area contributed by atoms with Gasteiger partial charge < -0.3 is 4.90 Å². The highest BCUT2D eigenvalue weighted by molar-refractivity contribution is 6.09. The molecule has 2 aromatic carbocycles. The minimum atomic E-state index is -4.42. The second-order valence-corrected chi connectivity index (χ2v) is 8.92. The summed E-state index contributed by atoms with van der Waals surface area (Å²) in [5, 5.41) is 9.27. The summed E-state index contributed by atoms with van der Waals surface area (Å²) in [6, 6.07) is 12.0. The molecule has 0 aromatic heterocycles. The highest BCUT2D eigenvalue weighted by Gasteiger charge is 2.41. The van der Waals surface area contributed by atoms with E-state index < -0.39 is 11.7 Å². The normalized spacial score (nSPS) is 17.9. The van der Waals surface area contributed by atoms with Crippen molar-refractivity contribution in [3.8, 4) is 6.07 Å². The Morgan fingerprint density at radius 2 is 1.86 bits per heavy atom. The van der Waals surface area contributed by atoms with Gasteiger partial charge in [0.1, 0.15) is 0 Å². The molecule has 0 fully saturated rings. The lowest BCUT2D eigenvalue weighted by Crippen LogP contribution is -2.53. The van der Waals surface area contributed by atoms with Gasteiger partial charge in [0.25, 0.3) is 5.91 Å². The van der Waals surface area contributed by atoms with E-state index in [0.29, 0.717) is 67.5 Å². The van der Waals surface area contributed by atoms with Crippen LogP contribution in [-0.4, -0.2) is 52.7 Å². The molecule has 36 heavy (non-hydrogen) atoms. The smallest absolute Gasteiger partial charge is 0.314 e. The zero-order valence-corrected chi connectivity index (χ0v) is 19.2. The Labute approximate surface area is 206 Å². The van der Waals surface area contributed by atoms with Crippen molar-refractivity contribution in [1.82, 2.24) is 14.7 Å². The molecule has 7 nitrogen and oxygen atoms in total. The van der Waals surface area contributed by atoms with Crippen LogP contribution in [0.3, 0.4) is 0 Å². The fourth-order valence-electron chi connectivity index (χ4n) is 4.89. The first-order valence-electron chi connectivity index (χ1n) is 11.4. The zero-order chi connectivity index (χ0) is 25.4. The molecule has 0 unspecified atom stereocenters. The van der Waals surface area contributed by atoms with Gasteiger partial charge in [-0.05, 0) is 35.4 Å². The molecule has 3 aliphatic rings. The Bertz CT molecular complexity index is 1330. The van der Waals surface area contributed by atoms with Gasteiger partial charge in [-0.25, -0.2) is 4.85 Å². The minimum absolute atomic E-state index is 0.127. The monoisotopic (exact) mass is 490 g/mol. The van der Waals surface area contributed by atoms with Crippen LogP contribution in [-0.2, 0) is 24.1 Å². The Morgan fingerprint density at radius 1 is 1.08 bits per heavy atom. The molecule has 0 saturated heterocycles. The third-order valence-corrected chi connectivity index (χ3v) is 6.55. The Kier molecular flexibility index (Phi) is 5.99. The first kappa shape index (κ1) is 23.6. The second kappa shape index (κ2) is 9.14. The number of carbonyl (C=O) groups is 1. The molecule has 0 aliphatic carbocycles. The molecule has 0 atom stereocenters. The van der Waals surface area contributed by atoms with Gasteiger partial charge in [-0.15, -0.1) is 0 Å². The number of alkyl halides is 3. The number of nitrogens with zero attached hydrogens (tertiary/aromatic N) is 6. The van der Waals surface area contributed by atoms with Crippen molar-refractivity contribution in [2.24, 2.45) is 4.99 Å². The maximum Gasteiger partial charge on any atom is 0.416 e. The molecule has 3 aliphatic heterocycles. The number of nitriles is 1. The Balaban J connectivity index is 1.37. The van der Waals surface area contributed by atoms with Crippen LogP contribution in [0.15, 0.2) is 58.7 Å². The first-order valence-corrected chi connectivity index (χ1v) is 11.4. The molecule has 182 valence electrons. The van der Waals surface area contributed by atoms with Gasteiger partial charge in [0.2, 0.25) is 5.96 Å². The standard InChI is InChI=1S/C26H21F3N6O/c1-31-21-11-18(13-30)10-19(12-21)14-33-8-6-23-22(16-33)24(36)35(25-32-7-9-34(23)25)15-17-2-4-20(5-3-17)26(27,28)29/h2-5,10-12H,6-9,14-16H2. The SMILES string of the molecule is [C-]#[N+]c1cc(C#N)cc(CN2CCC3=C(C2)C(=O)N(Cc2ccc(C(F)(F)F)cc2)C2=NCCN23)c1. The number of hydrogen-bond donors (Lipinski definition) is 0. The van der Waals surface area contributed by atoms with E-state index in [1.165, 1.54) is 12.1 Å². The largest absolute Gasteiger partial charge is 0.416 e. The van der Waals surface area contributed by atoms with Crippen LogP contribution in [0.25, 0.3) is 4.85 Å². The van der Waals surface area contributed by atoms with Gasteiger partial charge >= 0.3 is 6.18 Å². The predicted octanol–water partition coefficient (Wildman–Crippen LogP) is 4.30. The van der Waals surface area contributed by atoms with Crippen LogP contribution < -0.4 is 0 Å². The van der Waals surface area contributed by atoms with Gasteiger partial charge in [0.05, 0.1) is 36.9 Å². The molecule has 3 heterocycles. The average Bonchev–Trinajstić information content (AvgIpc) is 3.36. The third-order valence-electron chi connectivity index (χ3n) is 6.55. The third kappa shape index (κ3) is 4.43. The van der Waals surface area contributed by atoms with Crippen molar-refractivity contribution in [2.45, 2.75) is 25.7 Å². The van der Waals surface area contributed by atoms with Crippen molar-refractivity contribution >= 4 is 17.6 Å². The van der Waals surface area contributed by atoms with E-state index >= 15 is 0 Å². The fourth-order valence-corrected chi connectivity index (χ4v) is 4.89. The molecule has 0 radical (unpaired) electrons. The van der Waals surface area contributed by atoms with E-state index in [-0.39, 0.29) is 12.5 Å². The summed E-state index contributed by atoms with van der Waals surface area (Å²) in [7, 11) is 0. The number of benzene rings is 2. The molecular formula is C26H21F3N6O. The van der Waals surface area contributed by atoms with E-state index in [1.807, 2.05) is 4.90 Å². The molecule has 1 amide bonds. The number of carbonyl (C=O) groups excluding carboxylic acids is 1. The maximum absolute atomic E-state index is 13.6. The number of amides is 1. The van der Waals surface area contributed by atoms with Crippen LogP contribution in [0.5, 0.6) is 0 Å². The summed E-state index contributed by atoms with van der Waals surface area (Å²) in [6.45, 7) is 10.2. The van der Waals surface area contributed by atoms with E-state index in [9.17, 15) is 23.2 Å². The number of fused-ring (bicyclic) bond motifs is 2. The number of halogens is 3. The first-order chi connectivity index (χ1) is 17.3. The summed E-state index contributed by atoms with van der Waals surface area (Å²) in [5.41, 5.74) is 3.10. The van der Waals surface area contributed by atoms with Gasteiger partial charge in [-0.2, -0.15) is 18.4 Å². The number of hydrogen-bond acceptors (Lipinski definition) is 5. The van der Waals surface area contributed by atoms with E-state index in [2.05, 4.69) is 20.8 Å². The Hall–Kier alpha value is -4.15. The number of guanidine groups is 1. The maximum atomic E-state index is 13.6. The molecule has 0 spiro atoms. The van der Waals surface area contributed by atoms with Crippen LogP contribution in [0.2, 0.25) is 0 Å². The molecular weight excluding hydrogens is 469 g/mol. The van der Waals surface area contributed by atoms with Crippen LogP contribution >= 0.6 is 0 Å². The van der Waals surface area contributed by atoms with Crippen LogP contribution in [0.4, 0.5) is 18.9 Å². The highest BCUT2D eigenvalue weighted by Crippen LogP contribution is 2.33. The van der Waals surface area contributed by atoms with E-state index in [4.69, 9.17) is 6.57 Å². The van der Waals surface area contributed by atoms with Crippen molar-refractivity contribution in [3.05, 3.63) is 87.4 Å². The van der Waals surface area contributed by atoms with Gasteiger partial charge in [0.15, 0.2) is 5.69 Å². The van der Waals surface area contributed by atoms with Crippen molar-refractivity contribution in [3.63, 3.8) is 0 Å². The number of rotatable bonds is 4. The highest BCUT2D eigenvalue weighted by atomic mass is 19.4. The second-order valence-electron chi connectivity index (χ2n) is 8.92. The van der Waals surface area contributed by atoms with Gasteiger partial charge in [0, 0.05) is 43.9 Å². The van der Waals surface area contributed by atoms with E-state index in [0.717, 1.165) is 23.4 Å². The van der Waals surface area contributed by atoms with Crippen molar-refractivity contribution in [1.29, 1.82) is 5.26 Å². The molecule has 0 bridgehead atoms. The summed E-state index contributed by atoms with van der Waals surface area (Å²) < 4.78 is 38.8. The molecule has 5 rings (SSSR count). The summed E-state index contributed by atoms with van der Waals surface area (Å²) in [5.74, 6) is 0.356. The number of aliphatic imine (C=N–C) groups is 1. The lowest BCUT2D eigenvalue weighted by Gasteiger charge is -2.42. The lowest BCUT2D eigenvalue weighted by atomic mass is 9.99. The molecule has 2 aromatic rings. The Morgan fingerprint density at radius 3 is 2.56 bits per heavy atom. The topological polar surface area (TPSA) is 67.3 Å². The average molecular weight is 490 g/mol. The van der Waals surface area contributed by atoms with Crippen molar-refractivity contribution < 1.29 is 18.0 Å². The van der Waals surface area contributed by atoms with Crippen LogP contribution in [0.1, 0.15) is 28.7 Å². The van der Waals surface area contributed by atoms with Gasteiger partial charge in [-0.1, -0.05) is 18.2 Å². The molecule has 0 N–H and O–H groups in total. The lowest BCUT2D eigenvalue weighted by molar-refractivity contribution is -0.137. The molecule has 10 heteroatoms. The predicted molar refractivity (Wildman–Crippen MR) is 125 cm³/mol. The van der Waals surface area contributed by atoms with Crippen LogP contribution in [0, 0.1) is 17.9 Å². The van der Waals surface area contributed by atoms with Gasteiger partial charge in [-0.3, -0.25) is 19.6 Å². The summed E-state index contributed by atoms with van der Waals surface area (Å²) in [4.78, 5) is 27.3.